The number of amides is 1. The van der Waals surface area contributed by atoms with Crippen molar-refractivity contribution in [1.82, 2.24) is 0 Å². The number of hydrogen-bond donors (Lipinski definition) is 1. The van der Waals surface area contributed by atoms with Gasteiger partial charge in [-0.3, -0.25) is 4.79 Å². The molecule has 3 rings (SSSR count). The molecule has 0 spiro atoms. The molecule has 0 saturated carbocycles. The Morgan fingerprint density at radius 1 is 1.03 bits per heavy atom. The first-order chi connectivity index (χ1) is 14.4. The van der Waals surface area contributed by atoms with E-state index in [4.69, 9.17) is 9.47 Å². The molecule has 0 aliphatic rings. The van der Waals surface area contributed by atoms with E-state index in [1.807, 2.05) is 0 Å². The van der Waals surface area contributed by atoms with E-state index in [0.29, 0.717) is 22.9 Å². The Bertz CT molecular complexity index is 1100. The third kappa shape index (κ3) is 4.16. The Kier molecular flexibility index (Phi) is 6.41. The Hall–Kier alpha value is -3.33. The number of halogens is 3. The van der Waals surface area contributed by atoms with E-state index < -0.39 is 34.9 Å². The zero-order valence-electron chi connectivity index (χ0n) is 15.9. The van der Waals surface area contributed by atoms with Gasteiger partial charge in [-0.15, -0.1) is 11.3 Å². The first kappa shape index (κ1) is 21.4. The lowest BCUT2D eigenvalue weighted by molar-refractivity contribution is 0.0529. The molecule has 1 aromatic heterocycles. The van der Waals surface area contributed by atoms with Gasteiger partial charge in [0, 0.05) is 10.9 Å². The lowest BCUT2D eigenvalue weighted by Gasteiger charge is -2.10. The summed E-state index contributed by atoms with van der Waals surface area (Å²) in [7, 11) is 1.52. The van der Waals surface area contributed by atoms with Gasteiger partial charge in [-0.1, -0.05) is 12.1 Å². The topological polar surface area (TPSA) is 64.6 Å². The molecule has 30 heavy (non-hydrogen) atoms. The Morgan fingerprint density at radius 2 is 1.73 bits per heavy atom. The second kappa shape index (κ2) is 9.00. The third-order valence-electron chi connectivity index (χ3n) is 4.18. The van der Waals surface area contributed by atoms with Gasteiger partial charge in [-0.25, -0.2) is 18.0 Å². The Morgan fingerprint density at radius 3 is 2.37 bits per heavy atom. The summed E-state index contributed by atoms with van der Waals surface area (Å²) >= 11 is 1.02. The van der Waals surface area contributed by atoms with Gasteiger partial charge in [0.15, 0.2) is 17.5 Å². The summed E-state index contributed by atoms with van der Waals surface area (Å²) in [6, 6.07) is 8.34. The highest BCUT2D eigenvalue weighted by atomic mass is 32.1. The molecule has 1 N–H and O–H groups in total. The predicted molar refractivity (Wildman–Crippen MR) is 107 cm³/mol. The van der Waals surface area contributed by atoms with Crippen molar-refractivity contribution in [2.24, 2.45) is 0 Å². The number of thiophene rings is 1. The SMILES string of the molecule is CCOC(=O)c1c(-c2ccc(OC)cc2)csc1NC(=O)c1ccc(F)c(F)c1F. The number of methoxy groups -OCH3 is 1. The number of anilines is 1. The molecular formula is C21H16F3NO4S. The zero-order valence-corrected chi connectivity index (χ0v) is 16.7. The summed E-state index contributed by atoms with van der Waals surface area (Å²) in [6.07, 6.45) is 0. The molecule has 0 bridgehead atoms. The average molecular weight is 435 g/mol. The van der Waals surface area contributed by atoms with Crippen molar-refractivity contribution in [3.05, 3.63) is 70.4 Å². The van der Waals surface area contributed by atoms with Crippen LogP contribution < -0.4 is 10.1 Å². The highest BCUT2D eigenvalue weighted by Crippen LogP contribution is 2.37. The number of benzene rings is 2. The summed E-state index contributed by atoms with van der Waals surface area (Å²) in [5, 5.41) is 4.11. The van der Waals surface area contributed by atoms with E-state index in [-0.39, 0.29) is 17.2 Å². The predicted octanol–water partition coefficient (Wildman–Crippen LogP) is 5.27. The van der Waals surface area contributed by atoms with Crippen molar-refractivity contribution >= 4 is 28.2 Å². The molecule has 9 heteroatoms. The maximum atomic E-state index is 14.0. The van der Waals surface area contributed by atoms with Gasteiger partial charge < -0.3 is 14.8 Å². The quantitative estimate of drug-likeness (QED) is 0.423. The number of esters is 1. The van der Waals surface area contributed by atoms with Crippen molar-refractivity contribution in [3.63, 3.8) is 0 Å². The van der Waals surface area contributed by atoms with Crippen LogP contribution in [0.3, 0.4) is 0 Å². The van der Waals surface area contributed by atoms with Crippen LogP contribution in [0.25, 0.3) is 11.1 Å². The van der Waals surface area contributed by atoms with Crippen molar-refractivity contribution in [2.75, 3.05) is 19.0 Å². The standard InChI is InChI=1S/C21H16F3NO4S/c1-3-29-21(27)16-14(11-4-6-12(28-2)7-5-11)10-30-20(16)25-19(26)13-8-9-15(22)18(24)17(13)23/h4-10H,3H2,1-2H3,(H,25,26). The highest BCUT2D eigenvalue weighted by Gasteiger charge is 2.25. The van der Waals surface area contributed by atoms with Crippen LogP contribution in [0.4, 0.5) is 18.2 Å². The summed E-state index contributed by atoms with van der Waals surface area (Å²) in [6.45, 7) is 1.73. The molecule has 0 atom stereocenters. The number of ether oxygens (including phenoxy) is 2. The van der Waals surface area contributed by atoms with Crippen molar-refractivity contribution in [3.8, 4) is 16.9 Å². The third-order valence-corrected chi connectivity index (χ3v) is 5.07. The van der Waals surface area contributed by atoms with E-state index in [0.717, 1.165) is 17.4 Å². The van der Waals surface area contributed by atoms with E-state index in [1.165, 1.54) is 7.11 Å². The second-order valence-electron chi connectivity index (χ2n) is 5.98. The molecule has 0 aliphatic carbocycles. The van der Waals surface area contributed by atoms with E-state index in [1.54, 1.807) is 36.6 Å². The van der Waals surface area contributed by atoms with Gasteiger partial charge in [0.1, 0.15) is 16.3 Å². The lowest BCUT2D eigenvalue weighted by atomic mass is 10.0. The van der Waals surface area contributed by atoms with E-state index >= 15 is 0 Å². The van der Waals surface area contributed by atoms with Gasteiger partial charge in [0.05, 0.1) is 19.3 Å². The fraction of sp³-hybridized carbons (Fsp3) is 0.143. The average Bonchev–Trinajstić information content (AvgIpc) is 3.15. The number of hydrogen-bond acceptors (Lipinski definition) is 5. The van der Waals surface area contributed by atoms with Crippen LogP contribution in [-0.4, -0.2) is 25.6 Å². The van der Waals surface area contributed by atoms with Gasteiger partial charge in [-0.2, -0.15) is 0 Å². The second-order valence-corrected chi connectivity index (χ2v) is 6.86. The summed E-state index contributed by atoms with van der Waals surface area (Å²) in [5.74, 6) is -5.87. The summed E-state index contributed by atoms with van der Waals surface area (Å²) in [5.41, 5.74) is 0.531. The van der Waals surface area contributed by atoms with Crippen LogP contribution in [0.15, 0.2) is 41.8 Å². The molecule has 0 saturated heterocycles. The molecule has 5 nitrogen and oxygen atoms in total. The first-order valence-electron chi connectivity index (χ1n) is 8.75. The normalized spacial score (nSPS) is 10.6. The molecule has 1 amide bonds. The smallest absolute Gasteiger partial charge is 0.341 e. The minimum Gasteiger partial charge on any atom is -0.497 e. The number of rotatable bonds is 6. The van der Waals surface area contributed by atoms with Crippen LogP contribution >= 0.6 is 11.3 Å². The molecule has 2 aromatic carbocycles. The molecule has 0 unspecified atom stereocenters. The van der Waals surface area contributed by atoms with Gasteiger partial charge >= 0.3 is 5.97 Å². The van der Waals surface area contributed by atoms with Crippen molar-refractivity contribution in [2.45, 2.75) is 6.92 Å². The lowest BCUT2D eigenvalue weighted by Crippen LogP contribution is -2.17. The molecule has 3 aromatic rings. The maximum Gasteiger partial charge on any atom is 0.341 e. The number of carbonyl (C=O) groups excluding carboxylic acids is 2. The largest absolute Gasteiger partial charge is 0.497 e. The monoisotopic (exact) mass is 435 g/mol. The van der Waals surface area contributed by atoms with Gasteiger partial charge in [-0.05, 0) is 36.8 Å². The number of nitrogens with one attached hydrogen (secondary N) is 1. The molecular weight excluding hydrogens is 419 g/mol. The molecule has 0 fully saturated rings. The van der Waals surface area contributed by atoms with Crippen LogP contribution in [0, 0.1) is 17.5 Å². The van der Waals surface area contributed by atoms with E-state index in [2.05, 4.69) is 5.32 Å². The molecule has 0 aliphatic heterocycles. The first-order valence-corrected chi connectivity index (χ1v) is 9.63. The van der Waals surface area contributed by atoms with Crippen LogP contribution in [0.1, 0.15) is 27.6 Å². The summed E-state index contributed by atoms with van der Waals surface area (Å²) < 4.78 is 50.8. The Balaban J connectivity index is 2.00. The fourth-order valence-corrected chi connectivity index (χ4v) is 3.66. The maximum absolute atomic E-state index is 14.0. The Labute approximate surface area is 174 Å². The highest BCUT2D eigenvalue weighted by molar-refractivity contribution is 7.15. The van der Waals surface area contributed by atoms with Crippen molar-refractivity contribution in [1.29, 1.82) is 0 Å². The summed E-state index contributed by atoms with van der Waals surface area (Å²) in [4.78, 5) is 25.0. The van der Waals surface area contributed by atoms with Crippen LogP contribution in [0.5, 0.6) is 5.75 Å². The fourth-order valence-electron chi connectivity index (χ4n) is 2.71. The van der Waals surface area contributed by atoms with Crippen molar-refractivity contribution < 1.29 is 32.2 Å². The zero-order chi connectivity index (χ0) is 21.8. The molecule has 0 radical (unpaired) electrons. The van der Waals surface area contributed by atoms with Gasteiger partial charge in [0.2, 0.25) is 0 Å². The van der Waals surface area contributed by atoms with Gasteiger partial charge in [0.25, 0.3) is 5.91 Å². The molecule has 1 heterocycles. The molecule has 156 valence electrons. The minimum absolute atomic E-state index is 0.0726. The van der Waals surface area contributed by atoms with E-state index in [9.17, 15) is 22.8 Å². The van der Waals surface area contributed by atoms with Crippen LogP contribution in [0.2, 0.25) is 0 Å². The van der Waals surface area contributed by atoms with Crippen LogP contribution in [-0.2, 0) is 4.74 Å². The number of carbonyl (C=O) groups is 2. The minimum atomic E-state index is -1.75.